The number of benzene rings is 1. The summed E-state index contributed by atoms with van der Waals surface area (Å²) in [5.74, 6) is 1.66. The summed E-state index contributed by atoms with van der Waals surface area (Å²) in [4.78, 5) is 4.30. The maximum Gasteiger partial charge on any atom is 0.238 e. The first-order valence-corrected chi connectivity index (χ1v) is 6.71. The predicted octanol–water partition coefficient (Wildman–Crippen LogP) is 3.60. The second-order valence-corrected chi connectivity index (χ2v) is 4.99. The molecule has 0 aliphatic heterocycles. The van der Waals surface area contributed by atoms with Crippen molar-refractivity contribution in [2.75, 3.05) is 5.73 Å². The van der Waals surface area contributed by atoms with E-state index in [4.69, 9.17) is 22.1 Å². The van der Waals surface area contributed by atoms with Crippen LogP contribution in [0.3, 0.4) is 0 Å². The third kappa shape index (κ3) is 2.98. The Labute approximate surface area is 126 Å². The number of aromatic nitrogens is 3. The van der Waals surface area contributed by atoms with Crippen LogP contribution < -0.4 is 10.5 Å². The fourth-order valence-corrected chi connectivity index (χ4v) is 2.02. The van der Waals surface area contributed by atoms with Crippen molar-refractivity contribution in [1.29, 1.82) is 0 Å². The number of nitrogens with zero attached hydrogens (tertiary/aromatic N) is 3. The van der Waals surface area contributed by atoms with Crippen LogP contribution in [0.1, 0.15) is 5.56 Å². The number of nitrogens with two attached hydrogens (primary N) is 1. The minimum Gasteiger partial charge on any atom is -0.436 e. The first kappa shape index (κ1) is 13.5. The smallest absolute Gasteiger partial charge is 0.238 e. The summed E-state index contributed by atoms with van der Waals surface area (Å²) in [5, 5.41) is 4.75. The largest absolute Gasteiger partial charge is 0.436 e. The van der Waals surface area contributed by atoms with Crippen molar-refractivity contribution >= 4 is 17.3 Å². The molecule has 0 atom stereocenters. The van der Waals surface area contributed by atoms with Gasteiger partial charge < -0.3 is 10.5 Å². The summed E-state index contributed by atoms with van der Waals surface area (Å²) in [6, 6.07) is 10.7. The van der Waals surface area contributed by atoms with Crippen LogP contribution >= 0.6 is 11.6 Å². The highest BCUT2D eigenvalue weighted by Crippen LogP contribution is 2.30. The number of nitrogen functional groups attached to an aromatic ring is 1. The van der Waals surface area contributed by atoms with Crippen LogP contribution in [0.25, 0.3) is 5.82 Å². The highest BCUT2D eigenvalue weighted by Gasteiger charge is 2.07. The Hall–Kier alpha value is -2.53. The Morgan fingerprint density at radius 1 is 1.19 bits per heavy atom. The zero-order valence-corrected chi connectivity index (χ0v) is 12.1. The summed E-state index contributed by atoms with van der Waals surface area (Å²) < 4.78 is 7.28. The van der Waals surface area contributed by atoms with E-state index in [1.807, 2.05) is 19.1 Å². The molecular formula is C15H13ClN4O. The van der Waals surface area contributed by atoms with Gasteiger partial charge in [-0.3, -0.25) is 0 Å². The zero-order valence-electron chi connectivity index (χ0n) is 11.3. The van der Waals surface area contributed by atoms with Gasteiger partial charge in [0.1, 0.15) is 5.75 Å². The zero-order chi connectivity index (χ0) is 14.8. The van der Waals surface area contributed by atoms with Crippen LogP contribution in [0.5, 0.6) is 11.6 Å². The lowest BCUT2D eigenvalue weighted by molar-refractivity contribution is 0.457. The molecule has 0 amide bonds. The maximum absolute atomic E-state index is 6.07. The number of hydrogen-bond acceptors (Lipinski definition) is 4. The van der Waals surface area contributed by atoms with E-state index in [-0.39, 0.29) is 0 Å². The molecule has 1 aromatic carbocycles. The Morgan fingerprint density at radius 3 is 2.76 bits per heavy atom. The topological polar surface area (TPSA) is 66.0 Å². The molecule has 6 heteroatoms. The molecule has 0 saturated carbocycles. The van der Waals surface area contributed by atoms with Crippen LogP contribution in [0.4, 0.5) is 5.69 Å². The summed E-state index contributed by atoms with van der Waals surface area (Å²) in [5.41, 5.74) is 7.32. The van der Waals surface area contributed by atoms with Crippen molar-refractivity contribution < 1.29 is 4.74 Å². The van der Waals surface area contributed by atoms with Crippen LogP contribution in [0.15, 0.2) is 48.8 Å². The monoisotopic (exact) mass is 300 g/mol. The van der Waals surface area contributed by atoms with Crippen LogP contribution in [-0.2, 0) is 0 Å². The molecule has 2 heterocycles. The van der Waals surface area contributed by atoms with Crippen molar-refractivity contribution in [2.24, 2.45) is 0 Å². The summed E-state index contributed by atoms with van der Waals surface area (Å²) in [6.07, 6.45) is 3.56. The number of pyridine rings is 1. The number of anilines is 1. The summed E-state index contributed by atoms with van der Waals surface area (Å²) in [6.45, 7) is 1.98. The molecule has 0 fully saturated rings. The van der Waals surface area contributed by atoms with E-state index in [1.54, 1.807) is 41.3 Å². The molecule has 0 radical (unpaired) electrons. The van der Waals surface area contributed by atoms with E-state index < -0.39 is 0 Å². The Morgan fingerprint density at radius 2 is 2.05 bits per heavy atom. The molecule has 0 bridgehead atoms. The van der Waals surface area contributed by atoms with Gasteiger partial charge >= 0.3 is 0 Å². The lowest BCUT2D eigenvalue weighted by Crippen LogP contribution is -1.98. The van der Waals surface area contributed by atoms with E-state index >= 15 is 0 Å². The molecule has 3 aromatic rings. The standard InChI is InChI=1S/C15H13ClN4O/c1-10-2-5-14(18-9-10)20-7-6-15(19-20)21-13-4-3-11(17)8-12(13)16/h2-9H,17H2,1H3. The number of halogens is 1. The third-order valence-corrected chi connectivity index (χ3v) is 3.16. The van der Waals surface area contributed by atoms with E-state index in [0.717, 1.165) is 11.4 Å². The first-order valence-electron chi connectivity index (χ1n) is 6.33. The Kier molecular flexibility index (Phi) is 3.50. The molecule has 106 valence electrons. The lowest BCUT2D eigenvalue weighted by atomic mass is 10.3. The molecule has 0 aliphatic rings. The van der Waals surface area contributed by atoms with E-state index in [1.165, 1.54) is 0 Å². The molecule has 0 aliphatic carbocycles. The Balaban J connectivity index is 1.83. The molecule has 0 spiro atoms. The van der Waals surface area contributed by atoms with Gasteiger partial charge in [0.15, 0.2) is 5.82 Å². The third-order valence-electron chi connectivity index (χ3n) is 2.87. The average molecular weight is 301 g/mol. The first-order chi connectivity index (χ1) is 10.1. The van der Waals surface area contributed by atoms with Crippen molar-refractivity contribution in [3.8, 4) is 17.4 Å². The van der Waals surface area contributed by atoms with Gasteiger partial charge in [0.25, 0.3) is 0 Å². The normalized spacial score (nSPS) is 10.6. The van der Waals surface area contributed by atoms with Gasteiger partial charge in [0.2, 0.25) is 5.88 Å². The fourth-order valence-electron chi connectivity index (χ4n) is 1.80. The molecule has 3 rings (SSSR count). The summed E-state index contributed by atoms with van der Waals surface area (Å²) in [7, 11) is 0. The highest BCUT2D eigenvalue weighted by atomic mass is 35.5. The summed E-state index contributed by atoms with van der Waals surface area (Å²) >= 11 is 6.07. The van der Waals surface area contributed by atoms with Gasteiger partial charge in [-0.15, -0.1) is 5.10 Å². The molecule has 2 aromatic heterocycles. The van der Waals surface area contributed by atoms with Crippen LogP contribution in [-0.4, -0.2) is 14.8 Å². The van der Waals surface area contributed by atoms with E-state index in [2.05, 4.69) is 10.1 Å². The lowest BCUT2D eigenvalue weighted by Gasteiger charge is -2.05. The number of aryl methyl sites for hydroxylation is 1. The minimum atomic E-state index is 0.434. The van der Waals surface area contributed by atoms with Gasteiger partial charge in [-0.25, -0.2) is 9.67 Å². The van der Waals surface area contributed by atoms with E-state index in [9.17, 15) is 0 Å². The van der Waals surface area contributed by atoms with E-state index in [0.29, 0.717) is 22.3 Å². The SMILES string of the molecule is Cc1ccc(-n2ccc(Oc3ccc(N)cc3Cl)n2)nc1. The average Bonchev–Trinajstić information content (AvgIpc) is 2.91. The maximum atomic E-state index is 6.07. The van der Waals surface area contributed by atoms with Gasteiger partial charge in [-0.1, -0.05) is 17.7 Å². The molecule has 2 N–H and O–H groups in total. The van der Waals surface area contributed by atoms with Gasteiger partial charge in [-0.2, -0.15) is 0 Å². The molecular weight excluding hydrogens is 288 g/mol. The number of rotatable bonds is 3. The van der Waals surface area contributed by atoms with Crippen LogP contribution in [0.2, 0.25) is 5.02 Å². The van der Waals surface area contributed by atoms with Gasteiger partial charge in [-0.05, 0) is 36.8 Å². The van der Waals surface area contributed by atoms with Crippen molar-refractivity contribution in [2.45, 2.75) is 6.92 Å². The second-order valence-electron chi connectivity index (χ2n) is 4.58. The molecule has 0 saturated heterocycles. The molecule has 21 heavy (non-hydrogen) atoms. The fraction of sp³-hybridized carbons (Fsp3) is 0.0667. The number of hydrogen-bond donors (Lipinski definition) is 1. The molecule has 5 nitrogen and oxygen atoms in total. The predicted molar refractivity (Wildman–Crippen MR) is 82.0 cm³/mol. The van der Waals surface area contributed by atoms with Crippen LogP contribution in [0, 0.1) is 6.92 Å². The minimum absolute atomic E-state index is 0.434. The molecule has 0 unspecified atom stereocenters. The number of ether oxygens (including phenoxy) is 1. The highest BCUT2D eigenvalue weighted by molar-refractivity contribution is 6.32. The van der Waals surface area contributed by atoms with Crippen molar-refractivity contribution in [1.82, 2.24) is 14.8 Å². The van der Waals surface area contributed by atoms with Gasteiger partial charge in [0, 0.05) is 24.1 Å². The van der Waals surface area contributed by atoms with Gasteiger partial charge in [0.05, 0.1) is 5.02 Å². The quantitative estimate of drug-likeness (QED) is 0.750. The second kappa shape index (κ2) is 5.46. The van der Waals surface area contributed by atoms with Crippen molar-refractivity contribution in [3.63, 3.8) is 0 Å². The Bertz CT molecular complexity index is 768. The van der Waals surface area contributed by atoms with Crippen molar-refractivity contribution in [3.05, 3.63) is 59.4 Å².